The molecule has 0 unspecified atom stereocenters. The van der Waals surface area contributed by atoms with Gasteiger partial charge in [0.1, 0.15) is 5.75 Å². The van der Waals surface area contributed by atoms with E-state index >= 15 is 0 Å². The maximum atomic E-state index is 12.3. The first-order valence-corrected chi connectivity index (χ1v) is 9.76. The second-order valence-corrected chi connectivity index (χ2v) is 7.01. The number of carboxylic acid groups (broad SMARTS) is 1. The number of amides is 1. The zero-order chi connectivity index (χ0) is 20.5. The van der Waals surface area contributed by atoms with Crippen LogP contribution in [0.2, 0.25) is 0 Å². The van der Waals surface area contributed by atoms with Gasteiger partial charge >= 0.3 is 0 Å². The molecule has 1 atom stereocenters. The number of hydrogen-bond donors (Lipinski definition) is 2. The van der Waals surface area contributed by atoms with Crippen molar-refractivity contribution in [1.29, 1.82) is 0 Å². The smallest absolute Gasteiger partial charge is 0.251 e. The van der Waals surface area contributed by atoms with Gasteiger partial charge in [0.05, 0.1) is 18.9 Å². The van der Waals surface area contributed by atoms with Crippen LogP contribution < -0.4 is 20.7 Å². The number of aryl methyl sites for hydroxylation is 1. The van der Waals surface area contributed by atoms with E-state index in [1.165, 1.54) is 13.2 Å². The van der Waals surface area contributed by atoms with Crippen molar-refractivity contribution in [1.82, 2.24) is 15.3 Å². The van der Waals surface area contributed by atoms with Crippen molar-refractivity contribution in [3.63, 3.8) is 0 Å². The lowest BCUT2D eigenvalue weighted by atomic mass is 10.0. The average Bonchev–Trinajstić information content (AvgIpc) is 2.65. The SMILES string of the molecule is CCCc1cc(=O)[nH]c(SCC(=O)N[C@H](CC(=O)[O-])c2ccc(OC)cc2)n1. The number of carboxylic acids is 1. The number of methoxy groups -OCH3 is 1. The number of benzene rings is 1. The molecule has 150 valence electrons. The fourth-order valence-corrected chi connectivity index (χ4v) is 3.27. The molecule has 1 heterocycles. The molecule has 8 nitrogen and oxygen atoms in total. The summed E-state index contributed by atoms with van der Waals surface area (Å²) >= 11 is 1.08. The Morgan fingerprint density at radius 3 is 2.64 bits per heavy atom. The Morgan fingerprint density at radius 1 is 1.32 bits per heavy atom. The predicted molar refractivity (Wildman–Crippen MR) is 103 cm³/mol. The van der Waals surface area contributed by atoms with E-state index in [0.29, 0.717) is 28.6 Å². The van der Waals surface area contributed by atoms with Crippen molar-refractivity contribution >= 4 is 23.6 Å². The molecule has 2 N–H and O–H groups in total. The van der Waals surface area contributed by atoms with Gasteiger partial charge in [-0.2, -0.15) is 0 Å². The summed E-state index contributed by atoms with van der Waals surface area (Å²) in [7, 11) is 1.53. The van der Waals surface area contributed by atoms with Gasteiger partial charge in [0.15, 0.2) is 5.16 Å². The molecule has 0 saturated carbocycles. The number of carbonyl (C=O) groups excluding carboxylic acids is 2. The maximum Gasteiger partial charge on any atom is 0.251 e. The number of aromatic amines is 1. The standard InChI is InChI=1S/C19H23N3O5S/c1-3-4-13-9-16(23)22-19(20-13)28-11-17(24)21-15(10-18(25)26)12-5-7-14(27-2)8-6-12/h5-9,15H,3-4,10-11H2,1-2H3,(H,21,24)(H,25,26)(H,20,22,23)/p-1/t15-/m1/s1. The molecule has 2 rings (SSSR count). The first-order chi connectivity index (χ1) is 13.4. The van der Waals surface area contributed by atoms with Crippen molar-refractivity contribution in [2.45, 2.75) is 37.4 Å². The van der Waals surface area contributed by atoms with Gasteiger partial charge in [0, 0.05) is 24.2 Å². The van der Waals surface area contributed by atoms with Crippen molar-refractivity contribution in [2.75, 3.05) is 12.9 Å². The second-order valence-electron chi connectivity index (χ2n) is 6.05. The van der Waals surface area contributed by atoms with Gasteiger partial charge in [-0.25, -0.2) is 4.98 Å². The molecule has 0 radical (unpaired) electrons. The van der Waals surface area contributed by atoms with Crippen LogP contribution in [0.5, 0.6) is 5.75 Å². The molecular formula is C19H22N3O5S-. The van der Waals surface area contributed by atoms with Crippen molar-refractivity contribution in [3.8, 4) is 5.75 Å². The van der Waals surface area contributed by atoms with Crippen LogP contribution in [0.1, 0.15) is 37.1 Å². The summed E-state index contributed by atoms with van der Waals surface area (Å²) in [5, 5.41) is 14.1. The quantitative estimate of drug-likeness (QED) is 0.444. The molecule has 1 aromatic heterocycles. The summed E-state index contributed by atoms with van der Waals surface area (Å²) < 4.78 is 5.08. The van der Waals surface area contributed by atoms with Crippen molar-refractivity contribution in [3.05, 3.63) is 51.9 Å². The van der Waals surface area contributed by atoms with Gasteiger partial charge in [-0.3, -0.25) is 9.59 Å². The minimum Gasteiger partial charge on any atom is -0.550 e. The van der Waals surface area contributed by atoms with E-state index < -0.39 is 12.0 Å². The monoisotopic (exact) mass is 404 g/mol. The van der Waals surface area contributed by atoms with Gasteiger partial charge in [-0.05, 0) is 24.1 Å². The Bertz CT molecular complexity index is 867. The molecule has 0 aliphatic rings. The average molecular weight is 404 g/mol. The Labute approximate surface area is 166 Å². The maximum absolute atomic E-state index is 12.3. The van der Waals surface area contributed by atoms with Gasteiger partial charge < -0.3 is 24.9 Å². The van der Waals surface area contributed by atoms with Gasteiger partial charge in [-0.15, -0.1) is 0 Å². The number of nitrogens with one attached hydrogen (secondary N) is 2. The molecule has 0 fully saturated rings. The van der Waals surface area contributed by atoms with Gasteiger partial charge in [0.2, 0.25) is 5.91 Å². The summed E-state index contributed by atoms with van der Waals surface area (Å²) in [6.45, 7) is 1.99. The lowest BCUT2D eigenvalue weighted by Crippen LogP contribution is -2.35. The summed E-state index contributed by atoms with van der Waals surface area (Å²) in [6.07, 6.45) is 1.17. The number of rotatable bonds is 10. The molecule has 0 saturated heterocycles. The first-order valence-electron chi connectivity index (χ1n) is 8.77. The highest BCUT2D eigenvalue weighted by molar-refractivity contribution is 7.99. The summed E-state index contributed by atoms with van der Waals surface area (Å²) in [4.78, 5) is 41.9. The number of carbonyl (C=O) groups is 2. The number of ether oxygens (including phenoxy) is 1. The van der Waals surface area contributed by atoms with Crippen LogP contribution in [0.25, 0.3) is 0 Å². The topological polar surface area (TPSA) is 124 Å². The molecule has 1 aromatic carbocycles. The van der Waals surface area contributed by atoms with Crippen molar-refractivity contribution < 1.29 is 19.4 Å². The van der Waals surface area contributed by atoms with E-state index in [0.717, 1.165) is 18.2 Å². The number of thioether (sulfide) groups is 1. The van der Waals surface area contributed by atoms with E-state index in [-0.39, 0.29) is 23.6 Å². The molecule has 2 aromatic rings. The lowest BCUT2D eigenvalue weighted by molar-refractivity contribution is -0.306. The fraction of sp³-hybridized carbons (Fsp3) is 0.368. The van der Waals surface area contributed by atoms with Crippen LogP contribution >= 0.6 is 11.8 Å². The number of nitrogens with zero attached hydrogens (tertiary/aromatic N) is 1. The Morgan fingerprint density at radius 2 is 2.04 bits per heavy atom. The number of H-pyrrole nitrogens is 1. The van der Waals surface area contributed by atoms with Crippen LogP contribution in [0.4, 0.5) is 0 Å². The highest BCUT2D eigenvalue weighted by Gasteiger charge is 2.16. The molecule has 0 aliphatic carbocycles. The highest BCUT2D eigenvalue weighted by Crippen LogP contribution is 2.21. The second kappa shape index (κ2) is 10.5. The van der Waals surface area contributed by atoms with E-state index in [2.05, 4.69) is 15.3 Å². The van der Waals surface area contributed by atoms with Crippen molar-refractivity contribution in [2.24, 2.45) is 0 Å². The van der Waals surface area contributed by atoms with Gasteiger partial charge in [0.25, 0.3) is 5.56 Å². The van der Waals surface area contributed by atoms with E-state index in [4.69, 9.17) is 4.74 Å². The fourth-order valence-electron chi connectivity index (χ4n) is 2.56. The number of hydrogen-bond acceptors (Lipinski definition) is 7. The highest BCUT2D eigenvalue weighted by atomic mass is 32.2. The zero-order valence-electron chi connectivity index (χ0n) is 15.7. The zero-order valence-corrected chi connectivity index (χ0v) is 16.5. The summed E-state index contributed by atoms with van der Waals surface area (Å²) in [6, 6.07) is 7.45. The third kappa shape index (κ3) is 6.73. The Kier molecular flexibility index (Phi) is 8.06. The molecule has 28 heavy (non-hydrogen) atoms. The van der Waals surface area contributed by atoms with Crippen LogP contribution in [0.15, 0.2) is 40.3 Å². The molecule has 1 amide bonds. The predicted octanol–water partition coefficient (Wildman–Crippen LogP) is 0.821. The number of aliphatic carboxylic acids is 1. The first kappa shape index (κ1) is 21.5. The normalized spacial score (nSPS) is 11.6. The van der Waals surface area contributed by atoms with E-state index in [9.17, 15) is 19.5 Å². The molecule has 9 heteroatoms. The van der Waals surface area contributed by atoms with Crippen LogP contribution in [0, 0.1) is 0 Å². The van der Waals surface area contributed by atoms with Crippen LogP contribution in [-0.2, 0) is 16.0 Å². The molecule has 0 bridgehead atoms. The molecular weight excluding hydrogens is 382 g/mol. The third-order valence-corrected chi connectivity index (χ3v) is 4.72. The minimum atomic E-state index is -1.27. The van der Waals surface area contributed by atoms with Crippen LogP contribution in [-0.4, -0.2) is 34.7 Å². The lowest BCUT2D eigenvalue weighted by Gasteiger charge is -2.20. The summed E-state index contributed by atoms with van der Waals surface area (Å²) in [5.41, 5.74) is 1.02. The van der Waals surface area contributed by atoms with E-state index in [1.807, 2.05) is 6.92 Å². The summed E-state index contributed by atoms with van der Waals surface area (Å²) in [5.74, 6) is -1.04. The molecule has 0 spiro atoms. The van der Waals surface area contributed by atoms with Gasteiger partial charge in [-0.1, -0.05) is 37.2 Å². The number of aromatic nitrogens is 2. The third-order valence-electron chi connectivity index (χ3n) is 3.84. The largest absolute Gasteiger partial charge is 0.550 e. The Balaban J connectivity index is 2.03. The van der Waals surface area contributed by atoms with Crippen LogP contribution in [0.3, 0.4) is 0 Å². The Hall–Kier alpha value is -2.81. The minimum absolute atomic E-state index is 0.0157. The van der Waals surface area contributed by atoms with E-state index in [1.54, 1.807) is 24.3 Å². The molecule has 0 aliphatic heterocycles.